The number of Topliss-reactive ketones (excluding diaryl/α,β-unsaturated/α-hetero) is 2. The lowest BCUT2D eigenvalue weighted by Crippen LogP contribution is -2.47. The molecule has 0 radical (unpaired) electrons. The van der Waals surface area contributed by atoms with Crippen LogP contribution in [0, 0.1) is 16.2 Å². The van der Waals surface area contributed by atoms with Crippen LogP contribution in [0.15, 0.2) is 0 Å². The third kappa shape index (κ3) is 2.39. The highest BCUT2D eigenvalue weighted by atomic mass is 32.1. The van der Waals surface area contributed by atoms with Crippen LogP contribution in [0.2, 0.25) is 0 Å². The summed E-state index contributed by atoms with van der Waals surface area (Å²) in [5.74, 6) is -1.94. The highest BCUT2D eigenvalue weighted by molar-refractivity contribution is 7.17. The standard InChI is InChI=1S/C22H27NO5S/c1-5-28-18(26)14-12-8-6-7-9-13(12)29-17(14)23-19(27)22-11-10-21(4,20(22,2)3)15(24)16(22)25/h5-11H2,1-4H3,(H,23,27)/t21-,22+/m1/s1. The van der Waals surface area contributed by atoms with Crippen LogP contribution in [0.5, 0.6) is 0 Å². The van der Waals surface area contributed by atoms with Gasteiger partial charge in [-0.3, -0.25) is 14.4 Å². The molecule has 2 atom stereocenters. The van der Waals surface area contributed by atoms with Crippen molar-refractivity contribution in [2.24, 2.45) is 16.2 Å². The number of anilines is 1. The second-order valence-corrected chi connectivity index (χ2v) is 10.2. The summed E-state index contributed by atoms with van der Waals surface area (Å²) in [6.45, 7) is 7.48. The van der Waals surface area contributed by atoms with E-state index in [1.54, 1.807) is 13.8 Å². The first-order chi connectivity index (χ1) is 13.6. The zero-order chi connectivity index (χ0) is 21.2. The third-order valence-electron chi connectivity index (χ3n) is 7.81. The number of hydrogen-bond donors (Lipinski definition) is 1. The molecule has 3 aliphatic carbocycles. The molecule has 29 heavy (non-hydrogen) atoms. The molecule has 0 spiro atoms. The molecular formula is C22H27NO5S. The van der Waals surface area contributed by atoms with Crippen molar-refractivity contribution in [2.75, 3.05) is 11.9 Å². The van der Waals surface area contributed by atoms with Crippen LogP contribution in [-0.2, 0) is 32.0 Å². The molecule has 0 aromatic carbocycles. The van der Waals surface area contributed by atoms with E-state index < -0.39 is 39.7 Å². The van der Waals surface area contributed by atoms with E-state index in [4.69, 9.17) is 4.74 Å². The Labute approximate surface area is 174 Å². The molecule has 2 bridgehead atoms. The van der Waals surface area contributed by atoms with Gasteiger partial charge in [0.1, 0.15) is 10.4 Å². The first-order valence-corrected chi connectivity index (χ1v) is 11.2. The fourth-order valence-corrected chi connectivity index (χ4v) is 6.83. The van der Waals surface area contributed by atoms with Crippen LogP contribution >= 0.6 is 11.3 Å². The van der Waals surface area contributed by atoms with E-state index in [0.29, 0.717) is 23.4 Å². The Balaban J connectivity index is 1.75. The zero-order valence-electron chi connectivity index (χ0n) is 17.4. The predicted molar refractivity (Wildman–Crippen MR) is 109 cm³/mol. The van der Waals surface area contributed by atoms with Gasteiger partial charge in [-0.25, -0.2) is 4.79 Å². The van der Waals surface area contributed by atoms with Gasteiger partial charge in [-0.05, 0) is 56.4 Å². The van der Waals surface area contributed by atoms with E-state index in [2.05, 4.69) is 5.32 Å². The van der Waals surface area contributed by atoms with Crippen LogP contribution in [0.3, 0.4) is 0 Å². The van der Waals surface area contributed by atoms with Crippen molar-refractivity contribution in [1.29, 1.82) is 0 Å². The lowest BCUT2D eigenvalue weighted by Gasteiger charge is -2.37. The number of carbonyl (C=O) groups excluding carboxylic acids is 4. The normalized spacial score (nSPS) is 29.7. The number of aryl methyl sites for hydroxylation is 1. The molecule has 1 aromatic rings. The first kappa shape index (κ1) is 20.3. The Morgan fingerprint density at radius 1 is 1.07 bits per heavy atom. The molecule has 156 valence electrons. The lowest BCUT2D eigenvalue weighted by molar-refractivity contribution is -0.147. The topological polar surface area (TPSA) is 89.5 Å². The minimum absolute atomic E-state index is 0.249. The summed E-state index contributed by atoms with van der Waals surface area (Å²) in [4.78, 5) is 52.9. The molecule has 7 heteroatoms. The van der Waals surface area contributed by atoms with Crippen molar-refractivity contribution < 1.29 is 23.9 Å². The van der Waals surface area contributed by atoms with Crippen LogP contribution in [0.25, 0.3) is 0 Å². The van der Waals surface area contributed by atoms with Crippen LogP contribution in [-0.4, -0.2) is 30.0 Å². The number of hydrogen-bond acceptors (Lipinski definition) is 6. The fraction of sp³-hybridized carbons (Fsp3) is 0.636. The fourth-order valence-electron chi connectivity index (χ4n) is 5.56. The summed E-state index contributed by atoms with van der Waals surface area (Å²) < 4.78 is 5.25. The molecule has 1 aromatic heterocycles. The molecule has 0 saturated heterocycles. The maximum absolute atomic E-state index is 13.5. The number of ketones is 2. The molecule has 3 aliphatic rings. The molecule has 1 heterocycles. The maximum Gasteiger partial charge on any atom is 0.341 e. The maximum atomic E-state index is 13.5. The number of fused-ring (bicyclic) bond motifs is 3. The summed E-state index contributed by atoms with van der Waals surface area (Å²) >= 11 is 1.40. The van der Waals surface area contributed by atoms with Gasteiger partial charge >= 0.3 is 5.97 Å². The van der Waals surface area contributed by atoms with Crippen molar-refractivity contribution in [3.63, 3.8) is 0 Å². The Bertz CT molecular complexity index is 945. The monoisotopic (exact) mass is 417 g/mol. The van der Waals surface area contributed by atoms with Gasteiger partial charge in [-0.15, -0.1) is 11.3 Å². The highest BCUT2D eigenvalue weighted by Crippen LogP contribution is 2.69. The van der Waals surface area contributed by atoms with Gasteiger partial charge in [-0.2, -0.15) is 0 Å². The Morgan fingerprint density at radius 3 is 2.38 bits per heavy atom. The average molecular weight is 418 g/mol. The minimum Gasteiger partial charge on any atom is -0.462 e. The quantitative estimate of drug-likeness (QED) is 0.458. The van der Waals surface area contributed by atoms with Crippen LogP contribution < -0.4 is 5.32 Å². The summed E-state index contributed by atoms with van der Waals surface area (Å²) in [5, 5.41) is 3.35. The summed E-state index contributed by atoms with van der Waals surface area (Å²) in [7, 11) is 0. The number of ether oxygens (including phenoxy) is 1. The number of thiophene rings is 1. The second-order valence-electron chi connectivity index (χ2n) is 9.11. The van der Waals surface area contributed by atoms with Gasteiger partial charge in [-0.1, -0.05) is 20.8 Å². The Morgan fingerprint density at radius 2 is 1.76 bits per heavy atom. The van der Waals surface area contributed by atoms with Crippen molar-refractivity contribution in [1.82, 2.24) is 0 Å². The van der Waals surface area contributed by atoms with E-state index >= 15 is 0 Å². The van der Waals surface area contributed by atoms with E-state index in [1.165, 1.54) is 11.3 Å². The smallest absolute Gasteiger partial charge is 0.341 e. The zero-order valence-corrected chi connectivity index (χ0v) is 18.2. The minimum atomic E-state index is -1.38. The number of amides is 1. The number of esters is 1. The highest BCUT2D eigenvalue weighted by Gasteiger charge is 2.77. The molecule has 0 unspecified atom stereocenters. The molecule has 1 N–H and O–H groups in total. The molecule has 2 fully saturated rings. The van der Waals surface area contributed by atoms with Gasteiger partial charge in [0, 0.05) is 10.3 Å². The average Bonchev–Trinajstić information content (AvgIpc) is 3.17. The van der Waals surface area contributed by atoms with Gasteiger partial charge in [0.2, 0.25) is 17.5 Å². The number of carbonyl (C=O) groups is 4. The van der Waals surface area contributed by atoms with Gasteiger partial charge in [0.25, 0.3) is 0 Å². The van der Waals surface area contributed by atoms with Crippen molar-refractivity contribution in [3.05, 3.63) is 16.0 Å². The largest absolute Gasteiger partial charge is 0.462 e. The summed E-state index contributed by atoms with van der Waals surface area (Å²) in [5.41, 5.74) is -1.60. The predicted octanol–water partition coefficient (Wildman–Crippen LogP) is 3.71. The molecule has 1 amide bonds. The van der Waals surface area contributed by atoms with E-state index in [-0.39, 0.29) is 6.61 Å². The number of nitrogens with one attached hydrogen (secondary N) is 1. The summed E-state index contributed by atoms with van der Waals surface area (Å²) in [6.07, 6.45) is 4.56. The van der Waals surface area contributed by atoms with E-state index in [0.717, 1.165) is 36.1 Å². The molecule has 2 saturated carbocycles. The molecule has 0 aliphatic heterocycles. The van der Waals surface area contributed by atoms with Crippen molar-refractivity contribution in [2.45, 2.75) is 66.2 Å². The first-order valence-electron chi connectivity index (χ1n) is 10.3. The third-order valence-corrected chi connectivity index (χ3v) is 9.01. The van der Waals surface area contributed by atoms with Gasteiger partial charge in [0.15, 0.2) is 0 Å². The Hall–Kier alpha value is -2.02. The summed E-state index contributed by atoms with van der Waals surface area (Å²) in [6, 6.07) is 0. The SMILES string of the molecule is CCOC(=O)c1c(NC(=O)[C@]23CC[C@](C)(C(=O)C2=O)C3(C)C)sc2c1CCCC2. The van der Waals surface area contributed by atoms with Crippen LogP contribution in [0.4, 0.5) is 5.00 Å². The van der Waals surface area contributed by atoms with E-state index in [9.17, 15) is 19.2 Å². The van der Waals surface area contributed by atoms with Gasteiger partial charge < -0.3 is 10.1 Å². The molecular weight excluding hydrogens is 390 g/mol. The van der Waals surface area contributed by atoms with E-state index in [1.807, 2.05) is 13.8 Å². The van der Waals surface area contributed by atoms with Crippen molar-refractivity contribution >= 4 is 39.8 Å². The van der Waals surface area contributed by atoms with Crippen molar-refractivity contribution in [3.8, 4) is 0 Å². The molecule has 6 nitrogen and oxygen atoms in total. The molecule has 4 rings (SSSR count). The van der Waals surface area contributed by atoms with Crippen LogP contribution in [0.1, 0.15) is 74.2 Å². The Kier molecular flexibility index (Phi) is 4.53. The second kappa shape index (κ2) is 6.49. The van der Waals surface area contributed by atoms with Gasteiger partial charge in [0.05, 0.1) is 12.2 Å². The lowest BCUT2D eigenvalue weighted by atomic mass is 9.64. The number of rotatable bonds is 4.